The van der Waals surface area contributed by atoms with Crippen molar-refractivity contribution in [2.45, 2.75) is 12.5 Å². The van der Waals surface area contributed by atoms with E-state index in [4.69, 9.17) is 5.73 Å². The maximum Gasteiger partial charge on any atom is 0.354 e. The Morgan fingerprint density at radius 2 is 2.00 bits per heavy atom. The van der Waals surface area contributed by atoms with Crippen molar-refractivity contribution in [2.75, 3.05) is 19.6 Å². The van der Waals surface area contributed by atoms with Crippen LogP contribution < -0.4 is 11.1 Å². The van der Waals surface area contributed by atoms with Crippen LogP contribution in [0.15, 0.2) is 41.6 Å². The highest BCUT2D eigenvalue weighted by Gasteiger charge is 2.47. The summed E-state index contributed by atoms with van der Waals surface area (Å²) in [6, 6.07) is 8.87. The number of nitrogens with zero attached hydrogens (tertiary/aromatic N) is 2. The lowest BCUT2D eigenvalue weighted by molar-refractivity contribution is -0.143. The minimum absolute atomic E-state index is 0.0677. The van der Waals surface area contributed by atoms with E-state index in [1.807, 2.05) is 30.3 Å². The molecule has 3 rings (SSSR count). The number of carboxylic acid groups (broad SMARTS) is 1. The van der Waals surface area contributed by atoms with Crippen LogP contribution in [0.2, 0.25) is 0 Å². The Morgan fingerprint density at radius 3 is 2.67 bits per heavy atom. The van der Waals surface area contributed by atoms with Gasteiger partial charge < -0.3 is 16.2 Å². The van der Waals surface area contributed by atoms with Crippen molar-refractivity contribution in [3.05, 3.63) is 47.2 Å². The molecule has 1 aromatic rings. The van der Waals surface area contributed by atoms with Crippen molar-refractivity contribution in [1.82, 2.24) is 15.3 Å². The van der Waals surface area contributed by atoms with Gasteiger partial charge in [0.15, 0.2) is 5.70 Å². The Labute approximate surface area is 138 Å². The lowest BCUT2D eigenvalue weighted by Gasteiger charge is -2.19. The second kappa shape index (κ2) is 6.42. The van der Waals surface area contributed by atoms with Crippen molar-refractivity contribution < 1.29 is 19.5 Å². The van der Waals surface area contributed by atoms with Gasteiger partial charge in [-0.3, -0.25) is 9.59 Å². The van der Waals surface area contributed by atoms with Gasteiger partial charge in [-0.2, -0.15) is 0 Å². The minimum Gasteiger partial charge on any atom is -0.477 e. The molecule has 1 aromatic carbocycles. The zero-order valence-corrected chi connectivity index (χ0v) is 12.9. The monoisotopic (exact) mass is 330 g/mol. The zero-order valence-electron chi connectivity index (χ0n) is 12.9. The van der Waals surface area contributed by atoms with Crippen molar-refractivity contribution in [3.63, 3.8) is 0 Å². The first-order valence-corrected chi connectivity index (χ1v) is 7.62. The van der Waals surface area contributed by atoms with Crippen LogP contribution >= 0.6 is 0 Å². The third-order valence-electron chi connectivity index (χ3n) is 4.07. The summed E-state index contributed by atoms with van der Waals surface area (Å²) in [6.45, 7) is 0.654. The van der Waals surface area contributed by atoms with Crippen molar-refractivity contribution in [3.8, 4) is 0 Å². The van der Waals surface area contributed by atoms with Gasteiger partial charge in [-0.1, -0.05) is 30.3 Å². The Kier molecular flexibility index (Phi) is 4.32. The van der Waals surface area contributed by atoms with Gasteiger partial charge in [0, 0.05) is 13.1 Å². The van der Waals surface area contributed by atoms with E-state index in [1.54, 1.807) is 0 Å². The number of hydrazine groups is 1. The molecule has 0 bridgehead atoms. The third kappa shape index (κ3) is 2.89. The first kappa shape index (κ1) is 16.2. The molecule has 1 unspecified atom stereocenters. The molecular weight excluding hydrogens is 312 g/mol. The average molecular weight is 330 g/mol. The maximum absolute atomic E-state index is 12.3. The molecule has 2 aliphatic rings. The van der Waals surface area contributed by atoms with Crippen molar-refractivity contribution in [1.29, 1.82) is 0 Å². The second-order valence-electron chi connectivity index (χ2n) is 5.73. The standard InChI is InChI=1S/C16H18N4O4/c17-12-9-19-8-11(13(16(23)24)20(19)15(12)22)14(21)18-7-6-10-4-2-1-3-5-10/h1-5,12H,6-9,17H2,(H,18,21)(H,23,24). The van der Waals surface area contributed by atoms with Crippen molar-refractivity contribution >= 4 is 17.8 Å². The number of carboxylic acids is 1. The molecule has 4 N–H and O–H groups in total. The normalized spacial score (nSPS) is 20.5. The molecule has 0 saturated carbocycles. The number of rotatable bonds is 5. The van der Waals surface area contributed by atoms with E-state index in [9.17, 15) is 19.5 Å². The summed E-state index contributed by atoms with van der Waals surface area (Å²) in [5.74, 6) is -2.29. The summed E-state index contributed by atoms with van der Waals surface area (Å²) < 4.78 is 0. The number of nitrogens with two attached hydrogens (primary N) is 1. The third-order valence-corrected chi connectivity index (χ3v) is 4.07. The fourth-order valence-corrected chi connectivity index (χ4v) is 2.93. The van der Waals surface area contributed by atoms with E-state index in [0.717, 1.165) is 10.6 Å². The fourth-order valence-electron chi connectivity index (χ4n) is 2.93. The molecule has 1 atom stereocenters. The van der Waals surface area contributed by atoms with Crippen LogP contribution in [0.5, 0.6) is 0 Å². The molecule has 2 amide bonds. The molecular formula is C16H18N4O4. The number of carbonyl (C=O) groups is 3. The number of hydrogen-bond acceptors (Lipinski definition) is 5. The maximum atomic E-state index is 12.3. The van der Waals surface area contributed by atoms with Crippen LogP contribution in [0.3, 0.4) is 0 Å². The molecule has 2 aliphatic heterocycles. The van der Waals surface area contributed by atoms with E-state index in [1.165, 1.54) is 5.01 Å². The number of nitrogens with one attached hydrogen (secondary N) is 1. The number of carbonyl (C=O) groups excluding carboxylic acids is 2. The first-order valence-electron chi connectivity index (χ1n) is 7.62. The van der Waals surface area contributed by atoms with E-state index in [2.05, 4.69) is 5.32 Å². The Bertz CT molecular complexity index is 716. The van der Waals surface area contributed by atoms with Gasteiger partial charge >= 0.3 is 5.97 Å². The van der Waals surface area contributed by atoms with Gasteiger partial charge in [0.1, 0.15) is 6.04 Å². The van der Waals surface area contributed by atoms with Crippen molar-refractivity contribution in [2.24, 2.45) is 5.73 Å². The zero-order chi connectivity index (χ0) is 17.3. The minimum atomic E-state index is -1.31. The summed E-state index contributed by atoms with van der Waals surface area (Å²) >= 11 is 0. The topological polar surface area (TPSA) is 116 Å². The number of hydrogen-bond donors (Lipinski definition) is 3. The number of aliphatic carboxylic acids is 1. The van der Waals surface area contributed by atoms with E-state index >= 15 is 0 Å². The van der Waals surface area contributed by atoms with Crippen LogP contribution in [0, 0.1) is 0 Å². The molecule has 0 spiro atoms. The molecule has 2 heterocycles. The smallest absolute Gasteiger partial charge is 0.354 e. The second-order valence-corrected chi connectivity index (χ2v) is 5.73. The molecule has 0 radical (unpaired) electrons. The number of fused-ring (bicyclic) bond motifs is 1. The fraction of sp³-hybridized carbons (Fsp3) is 0.312. The number of amides is 2. The van der Waals surface area contributed by atoms with Gasteiger partial charge in [-0.25, -0.2) is 14.8 Å². The van der Waals surface area contributed by atoms with Crippen LogP contribution in [0.25, 0.3) is 0 Å². The predicted octanol–water partition coefficient (Wildman–Crippen LogP) is -0.916. The lowest BCUT2D eigenvalue weighted by atomic mass is 10.1. The summed E-state index contributed by atoms with van der Waals surface area (Å²) in [7, 11) is 0. The van der Waals surface area contributed by atoms with Crippen LogP contribution in [-0.4, -0.2) is 58.6 Å². The summed E-state index contributed by atoms with van der Waals surface area (Å²) in [4.78, 5) is 35.8. The Hall–Kier alpha value is -2.71. The molecule has 0 aromatic heterocycles. The summed E-state index contributed by atoms with van der Waals surface area (Å²) in [6.07, 6.45) is 0.638. The molecule has 24 heavy (non-hydrogen) atoms. The van der Waals surface area contributed by atoms with E-state index in [-0.39, 0.29) is 24.4 Å². The molecule has 8 nitrogen and oxygen atoms in total. The molecule has 8 heteroatoms. The van der Waals surface area contributed by atoms with Gasteiger partial charge in [-0.05, 0) is 12.0 Å². The molecule has 1 saturated heterocycles. The highest BCUT2D eigenvalue weighted by atomic mass is 16.4. The van der Waals surface area contributed by atoms with Crippen LogP contribution in [0.4, 0.5) is 0 Å². The average Bonchev–Trinajstić information content (AvgIpc) is 3.06. The molecule has 0 aliphatic carbocycles. The first-order chi connectivity index (χ1) is 11.5. The number of benzene rings is 1. The lowest BCUT2D eigenvalue weighted by Crippen LogP contribution is -2.37. The van der Waals surface area contributed by atoms with Gasteiger partial charge in [-0.15, -0.1) is 0 Å². The Morgan fingerprint density at radius 1 is 1.29 bits per heavy atom. The van der Waals surface area contributed by atoms with E-state index in [0.29, 0.717) is 13.0 Å². The molecule has 1 fully saturated rings. The Balaban J connectivity index is 1.70. The quantitative estimate of drug-likeness (QED) is 0.643. The summed E-state index contributed by atoms with van der Waals surface area (Å²) in [5.41, 5.74) is 6.50. The van der Waals surface area contributed by atoms with Crippen LogP contribution in [-0.2, 0) is 20.8 Å². The summed E-state index contributed by atoms with van der Waals surface area (Å²) in [5, 5.41) is 14.6. The van der Waals surface area contributed by atoms with Gasteiger partial charge in [0.25, 0.3) is 11.8 Å². The van der Waals surface area contributed by atoms with Gasteiger partial charge in [0.05, 0.1) is 12.1 Å². The highest BCUT2D eigenvalue weighted by Crippen LogP contribution is 2.28. The van der Waals surface area contributed by atoms with Crippen LogP contribution in [0.1, 0.15) is 5.56 Å². The predicted molar refractivity (Wildman–Crippen MR) is 84.2 cm³/mol. The van der Waals surface area contributed by atoms with Gasteiger partial charge in [0.2, 0.25) is 0 Å². The van der Waals surface area contributed by atoms with E-state index < -0.39 is 23.8 Å². The largest absolute Gasteiger partial charge is 0.477 e. The SMILES string of the molecule is NC1CN2CC(C(=O)NCCc3ccccc3)=C(C(=O)O)N2C1=O. The molecule has 126 valence electrons. The highest BCUT2D eigenvalue weighted by molar-refractivity contribution is 6.06.